The van der Waals surface area contributed by atoms with Crippen LogP contribution in [0.25, 0.3) is 10.9 Å². The van der Waals surface area contributed by atoms with Crippen LogP contribution in [0.3, 0.4) is 0 Å². The van der Waals surface area contributed by atoms with Crippen molar-refractivity contribution in [1.82, 2.24) is 19.4 Å². The van der Waals surface area contributed by atoms with Crippen molar-refractivity contribution in [2.45, 2.75) is 19.1 Å². The lowest BCUT2D eigenvalue weighted by atomic mass is 10.0. The number of carbonyl (C=O) groups is 2. The molecular weight excluding hydrogens is 403 g/mol. The molecular formula is C22H23FN4O4. The van der Waals surface area contributed by atoms with Crippen LogP contribution in [-0.4, -0.2) is 67.7 Å². The number of benzene rings is 1. The number of carboxylic acids is 2. The van der Waals surface area contributed by atoms with Crippen LogP contribution in [-0.2, 0) is 22.7 Å². The first-order chi connectivity index (χ1) is 14.9. The van der Waals surface area contributed by atoms with E-state index in [2.05, 4.69) is 9.88 Å². The fraction of sp³-hybridized carbons (Fsp3) is 0.318. The van der Waals surface area contributed by atoms with Gasteiger partial charge in [0.05, 0.1) is 11.2 Å². The molecule has 0 spiro atoms. The van der Waals surface area contributed by atoms with Gasteiger partial charge in [0.1, 0.15) is 18.4 Å². The fourth-order valence-electron chi connectivity index (χ4n) is 4.17. The van der Waals surface area contributed by atoms with Crippen molar-refractivity contribution >= 4 is 22.8 Å². The van der Waals surface area contributed by atoms with E-state index in [0.29, 0.717) is 49.2 Å². The molecule has 0 saturated carbocycles. The van der Waals surface area contributed by atoms with E-state index in [-0.39, 0.29) is 6.54 Å². The predicted molar refractivity (Wildman–Crippen MR) is 111 cm³/mol. The van der Waals surface area contributed by atoms with Gasteiger partial charge in [-0.05, 0) is 30.3 Å². The van der Waals surface area contributed by atoms with Gasteiger partial charge in [-0.3, -0.25) is 24.4 Å². The van der Waals surface area contributed by atoms with Crippen molar-refractivity contribution in [2.75, 3.05) is 26.2 Å². The van der Waals surface area contributed by atoms with Crippen LogP contribution < -0.4 is 0 Å². The lowest BCUT2D eigenvalue weighted by Crippen LogP contribution is -2.48. The Morgan fingerprint density at radius 2 is 1.87 bits per heavy atom. The maximum atomic E-state index is 13.8. The van der Waals surface area contributed by atoms with E-state index in [4.69, 9.17) is 0 Å². The summed E-state index contributed by atoms with van der Waals surface area (Å²) in [6, 6.07) is 8.85. The molecule has 162 valence electrons. The molecule has 4 rings (SSSR count). The molecule has 1 aliphatic heterocycles. The van der Waals surface area contributed by atoms with Gasteiger partial charge in [0.25, 0.3) is 0 Å². The number of pyridine rings is 1. The van der Waals surface area contributed by atoms with E-state index in [0.717, 1.165) is 5.69 Å². The van der Waals surface area contributed by atoms with Gasteiger partial charge in [0, 0.05) is 56.1 Å². The summed E-state index contributed by atoms with van der Waals surface area (Å²) in [5.41, 5.74) is 1.81. The average Bonchev–Trinajstić information content (AvgIpc) is 3.06. The van der Waals surface area contributed by atoms with E-state index in [1.54, 1.807) is 6.20 Å². The molecule has 3 heterocycles. The first-order valence-corrected chi connectivity index (χ1v) is 10.0. The Kier molecular flexibility index (Phi) is 5.97. The summed E-state index contributed by atoms with van der Waals surface area (Å²) < 4.78 is 15.2. The van der Waals surface area contributed by atoms with E-state index in [1.807, 2.05) is 23.1 Å². The second-order valence-corrected chi connectivity index (χ2v) is 7.64. The number of halogens is 1. The van der Waals surface area contributed by atoms with Crippen LogP contribution in [0.5, 0.6) is 0 Å². The first kappa shape index (κ1) is 21.0. The molecule has 1 aromatic carbocycles. The monoisotopic (exact) mass is 426 g/mol. The Balaban J connectivity index is 1.58. The zero-order valence-corrected chi connectivity index (χ0v) is 16.8. The summed E-state index contributed by atoms with van der Waals surface area (Å²) in [5, 5.41) is 19.8. The minimum Gasteiger partial charge on any atom is -0.480 e. The van der Waals surface area contributed by atoms with Gasteiger partial charge in [-0.1, -0.05) is 6.07 Å². The molecule has 0 amide bonds. The Bertz CT molecular complexity index is 1090. The predicted octanol–water partition coefficient (Wildman–Crippen LogP) is 2.20. The highest BCUT2D eigenvalue weighted by Crippen LogP contribution is 2.32. The third kappa shape index (κ3) is 4.57. The summed E-state index contributed by atoms with van der Waals surface area (Å²) in [7, 11) is 0. The summed E-state index contributed by atoms with van der Waals surface area (Å²) in [4.78, 5) is 31.9. The summed E-state index contributed by atoms with van der Waals surface area (Å²) in [5.74, 6) is -2.60. The standard InChI is InChI=1S/C22H23FN4O4/c23-15-4-5-17-18(13-27(14-20(28)29)19(17)11-15)21(22(30)31)26-9-7-25(8-10-26)12-16-3-1-2-6-24-16/h1-6,11,13,21H,7-10,12,14H2,(H,28,29)(H,30,31)/t21-/m0/s1. The number of fused-ring (bicyclic) bond motifs is 1. The molecule has 9 heteroatoms. The van der Waals surface area contributed by atoms with Gasteiger partial charge in [-0.25, -0.2) is 4.39 Å². The third-order valence-electron chi connectivity index (χ3n) is 5.59. The van der Waals surface area contributed by atoms with Gasteiger partial charge in [-0.2, -0.15) is 0 Å². The average molecular weight is 426 g/mol. The largest absolute Gasteiger partial charge is 0.480 e. The van der Waals surface area contributed by atoms with Gasteiger partial charge in [0.15, 0.2) is 0 Å². The maximum Gasteiger partial charge on any atom is 0.325 e. The van der Waals surface area contributed by atoms with Crippen molar-refractivity contribution in [3.63, 3.8) is 0 Å². The summed E-state index contributed by atoms with van der Waals surface area (Å²) in [6.07, 6.45) is 3.28. The second kappa shape index (κ2) is 8.83. The Morgan fingerprint density at radius 3 is 2.52 bits per heavy atom. The Morgan fingerprint density at radius 1 is 1.10 bits per heavy atom. The van der Waals surface area contributed by atoms with Crippen LogP contribution in [0.4, 0.5) is 4.39 Å². The lowest BCUT2D eigenvalue weighted by Gasteiger charge is -2.37. The summed E-state index contributed by atoms with van der Waals surface area (Å²) >= 11 is 0. The SMILES string of the molecule is O=C(O)Cn1cc([C@@H](C(=O)O)N2CCN(Cc3ccccn3)CC2)c2ccc(F)cc21. The molecule has 0 radical (unpaired) electrons. The maximum absolute atomic E-state index is 13.8. The molecule has 1 fully saturated rings. The van der Waals surface area contributed by atoms with Crippen LogP contribution >= 0.6 is 0 Å². The van der Waals surface area contributed by atoms with Crippen molar-refractivity contribution in [3.8, 4) is 0 Å². The number of aliphatic carboxylic acids is 2. The lowest BCUT2D eigenvalue weighted by molar-refractivity contribution is -0.144. The summed E-state index contributed by atoms with van der Waals surface area (Å²) in [6.45, 7) is 2.77. The normalized spacial score (nSPS) is 16.4. The minimum absolute atomic E-state index is 0.371. The fourth-order valence-corrected chi connectivity index (χ4v) is 4.17. The minimum atomic E-state index is -1.08. The van der Waals surface area contributed by atoms with Crippen molar-refractivity contribution in [2.24, 2.45) is 0 Å². The highest BCUT2D eigenvalue weighted by molar-refractivity contribution is 5.90. The molecule has 2 N–H and O–H groups in total. The Labute approximate surface area is 178 Å². The number of hydrogen-bond donors (Lipinski definition) is 2. The second-order valence-electron chi connectivity index (χ2n) is 7.64. The van der Waals surface area contributed by atoms with E-state index in [9.17, 15) is 24.2 Å². The van der Waals surface area contributed by atoms with Crippen molar-refractivity contribution in [3.05, 3.63) is 65.9 Å². The van der Waals surface area contributed by atoms with E-state index in [1.165, 1.54) is 29.0 Å². The van der Waals surface area contributed by atoms with Gasteiger partial charge < -0.3 is 14.8 Å². The molecule has 1 atom stereocenters. The molecule has 0 bridgehead atoms. The van der Waals surface area contributed by atoms with E-state index < -0.39 is 23.8 Å². The van der Waals surface area contributed by atoms with Gasteiger partial charge in [0.2, 0.25) is 0 Å². The molecule has 8 nitrogen and oxygen atoms in total. The van der Waals surface area contributed by atoms with Crippen LogP contribution in [0.15, 0.2) is 48.8 Å². The van der Waals surface area contributed by atoms with Gasteiger partial charge in [-0.15, -0.1) is 0 Å². The molecule has 0 unspecified atom stereocenters. The molecule has 3 aromatic rings. The number of nitrogens with zero attached hydrogens (tertiary/aromatic N) is 4. The topological polar surface area (TPSA) is 98.9 Å². The highest BCUT2D eigenvalue weighted by atomic mass is 19.1. The van der Waals surface area contributed by atoms with Crippen LogP contribution in [0.2, 0.25) is 0 Å². The third-order valence-corrected chi connectivity index (χ3v) is 5.59. The molecule has 31 heavy (non-hydrogen) atoms. The van der Waals surface area contributed by atoms with Crippen LogP contribution in [0.1, 0.15) is 17.3 Å². The number of hydrogen-bond acceptors (Lipinski definition) is 5. The quantitative estimate of drug-likeness (QED) is 0.598. The molecule has 0 aliphatic carbocycles. The number of aromatic nitrogens is 2. The molecule has 1 saturated heterocycles. The van der Waals surface area contributed by atoms with Crippen molar-refractivity contribution < 1.29 is 24.2 Å². The van der Waals surface area contributed by atoms with E-state index >= 15 is 0 Å². The Hall–Kier alpha value is -3.30. The molecule has 2 aromatic heterocycles. The first-order valence-electron chi connectivity index (χ1n) is 10.0. The van der Waals surface area contributed by atoms with Crippen molar-refractivity contribution in [1.29, 1.82) is 0 Å². The zero-order valence-electron chi connectivity index (χ0n) is 16.8. The van der Waals surface area contributed by atoms with Gasteiger partial charge >= 0.3 is 11.9 Å². The number of rotatable bonds is 7. The number of piperazine rings is 1. The zero-order chi connectivity index (χ0) is 22.0. The smallest absolute Gasteiger partial charge is 0.325 e. The number of carboxylic acid groups (broad SMARTS) is 2. The molecule has 1 aliphatic rings. The van der Waals surface area contributed by atoms with Crippen LogP contribution in [0, 0.1) is 5.82 Å². The highest BCUT2D eigenvalue weighted by Gasteiger charge is 2.33.